The van der Waals surface area contributed by atoms with E-state index in [1.165, 1.54) is 38.5 Å². The smallest absolute Gasteiger partial charge is 0.0841 e. The second-order valence-electron chi connectivity index (χ2n) is 4.64. The van der Waals surface area contributed by atoms with E-state index in [1.54, 1.807) is 0 Å². The highest BCUT2D eigenvalue weighted by molar-refractivity contribution is 4.84. The number of ether oxygens (including phenoxy) is 1. The molecule has 1 aliphatic heterocycles. The molecular formula is C13H26O2. The van der Waals surface area contributed by atoms with E-state index in [9.17, 15) is 0 Å². The van der Waals surface area contributed by atoms with Crippen molar-refractivity contribution in [2.45, 2.75) is 76.9 Å². The first-order chi connectivity index (χ1) is 7.38. The Balaban J connectivity index is 1.80. The molecule has 1 aliphatic rings. The number of hydrogen-bond donors (Lipinski definition) is 1. The summed E-state index contributed by atoms with van der Waals surface area (Å²) in [7, 11) is 0. The number of unbranched alkanes of at least 4 members (excludes halogenated alkanes) is 5. The maximum atomic E-state index is 8.65. The molecule has 90 valence electrons. The van der Waals surface area contributed by atoms with Crippen molar-refractivity contribution in [2.24, 2.45) is 0 Å². The maximum absolute atomic E-state index is 8.65. The van der Waals surface area contributed by atoms with Crippen LogP contribution in [0.2, 0.25) is 0 Å². The highest BCUT2D eigenvalue weighted by Crippen LogP contribution is 2.31. The highest BCUT2D eigenvalue weighted by atomic mass is 16.6. The van der Waals surface area contributed by atoms with Gasteiger partial charge in [-0.1, -0.05) is 39.0 Å². The molecule has 0 bridgehead atoms. The molecule has 0 saturated carbocycles. The Morgan fingerprint density at radius 3 is 2.07 bits per heavy atom. The predicted octanol–water partition coefficient (Wildman–Crippen LogP) is 3.28. The molecule has 0 radical (unpaired) electrons. The summed E-state index contributed by atoms with van der Waals surface area (Å²) in [5.74, 6) is 0. The first-order valence-corrected chi connectivity index (χ1v) is 6.64. The number of hydrogen-bond acceptors (Lipinski definition) is 2. The van der Waals surface area contributed by atoms with Crippen LogP contribution in [0.5, 0.6) is 0 Å². The van der Waals surface area contributed by atoms with Crippen molar-refractivity contribution in [3.8, 4) is 0 Å². The Morgan fingerprint density at radius 2 is 1.47 bits per heavy atom. The molecule has 0 amide bonds. The Labute approximate surface area is 94.0 Å². The largest absolute Gasteiger partial charge is 0.396 e. The standard InChI is InChI=1S/C13H26O2/c1-2-3-4-5-6-9-12-13(15-12)10-7-8-11-14/h12-14H,2-11H2,1H3. The van der Waals surface area contributed by atoms with Gasteiger partial charge < -0.3 is 9.84 Å². The lowest BCUT2D eigenvalue weighted by molar-refractivity contribution is 0.278. The third-order valence-electron chi connectivity index (χ3n) is 3.18. The summed E-state index contributed by atoms with van der Waals surface area (Å²) in [6, 6.07) is 0. The minimum atomic E-state index is 0.328. The van der Waals surface area contributed by atoms with Crippen LogP contribution in [0.15, 0.2) is 0 Å². The van der Waals surface area contributed by atoms with Crippen LogP contribution in [0.1, 0.15) is 64.7 Å². The molecule has 0 aliphatic carbocycles. The van der Waals surface area contributed by atoms with Crippen LogP contribution < -0.4 is 0 Å². The van der Waals surface area contributed by atoms with Crippen LogP contribution in [0, 0.1) is 0 Å². The van der Waals surface area contributed by atoms with E-state index < -0.39 is 0 Å². The summed E-state index contributed by atoms with van der Waals surface area (Å²) in [6.07, 6.45) is 12.4. The fraction of sp³-hybridized carbons (Fsp3) is 1.00. The number of aliphatic hydroxyl groups excluding tert-OH is 1. The van der Waals surface area contributed by atoms with Gasteiger partial charge in [0.15, 0.2) is 0 Å². The molecular weight excluding hydrogens is 188 g/mol. The summed E-state index contributed by atoms with van der Waals surface area (Å²) in [4.78, 5) is 0. The van der Waals surface area contributed by atoms with Crippen molar-refractivity contribution in [3.63, 3.8) is 0 Å². The average molecular weight is 214 g/mol. The zero-order valence-corrected chi connectivity index (χ0v) is 10.1. The molecule has 0 aromatic heterocycles. The number of epoxide rings is 1. The van der Waals surface area contributed by atoms with Crippen molar-refractivity contribution >= 4 is 0 Å². The van der Waals surface area contributed by atoms with E-state index in [2.05, 4.69) is 6.92 Å². The van der Waals surface area contributed by atoms with Crippen LogP contribution in [0.25, 0.3) is 0 Å². The lowest BCUT2D eigenvalue weighted by atomic mass is 10.1. The molecule has 2 nitrogen and oxygen atoms in total. The van der Waals surface area contributed by atoms with Gasteiger partial charge in [-0.2, -0.15) is 0 Å². The van der Waals surface area contributed by atoms with Gasteiger partial charge >= 0.3 is 0 Å². The monoisotopic (exact) mass is 214 g/mol. The van der Waals surface area contributed by atoms with Crippen LogP contribution in [-0.4, -0.2) is 23.9 Å². The fourth-order valence-electron chi connectivity index (χ4n) is 2.09. The lowest BCUT2D eigenvalue weighted by Crippen LogP contribution is -1.95. The van der Waals surface area contributed by atoms with E-state index in [4.69, 9.17) is 9.84 Å². The molecule has 1 rings (SSSR count). The minimum Gasteiger partial charge on any atom is -0.396 e. The quantitative estimate of drug-likeness (QED) is 0.447. The Bertz CT molecular complexity index is 147. The van der Waals surface area contributed by atoms with Crippen molar-refractivity contribution in [1.29, 1.82) is 0 Å². The Kier molecular flexibility index (Phi) is 7.03. The first kappa shape index (κ1) is 13.0. The van der Waals surface area contributed by atoms with E-state index in [-0.39, 0.29) is 0 Å². The first-order valence-electron chi connectivity index (χ1n) is 6.64. The molecule has 1 N–H and O–H groups in total. The number of rotatable bonds is 10. The minimum absolute atomic E-state index is 0.328. The van der Waals surface area contributed by atoms with E-state index in [0.29, 0.717) is 18.8 Å². The van der Waals surface area contributed by atoms with Crippen molar-refractivity contribution < 1.29 is 9.84 Å². The molecule has 1 heterocycles. The third kappa shape index (κ3) is 6.16. The van der Waals surface area contributed by atoms with E-state index >= 15 is 0 Å². The average Bonchev–Trinajstić information content (AvgIpc) is 2.97. The summed E-state index contributed by atoms with van der Waals surface area (Å²) in [5.41, 5.74) is 0. The van der Waals surface area contributed by atoms with Gasteiger partial charge in [-0.05, 0) is 25.7 Å². The summed E-state index contributed by atoms with van der Waals surface area (Å²) >= 11 is 0. The predicted molar refractivity (Wildman–Crippen MR) is 63.0 cm³/mol. The SMILES string of the molecule is CCCCCCCC1OC1CCCCO. The molecule has 0 aromatic carbocycles. The summed E-state index contributed by atoms with van der Waals surface area (Å²) < 4.78 is 5.59. The van der Waals surface area contributed by atoms with Crippen LogP contribution in [0.4, 0.5) is 0 Å². The van der Waals surface area contributed by atoms with Crippen LogP contribution in [0.3, 0.4) is 0 Å². The zero-order chi connectivity index (χ0) is 10.9. The summed E-state index contributed by atoms with van der Waals surface area (Å²) in [5, 5.41) is 8.65. The molecule has 1 saturated heterocycles. The topological polar surface area (TPSA) is 32.8 Å². The maximum Gasteiger partial charge on any atom is 0.0841 e. The van der Waals surface area contributed by atoms with Gasteiger partial charge in [0.25, 0.3) is 0 Å². The molecule has 0 spiro atoms. The number of aliphatic hydroxyl groups is 1. The molecule has 1 fully saturated rings. The highest BCUT2D eigenvalue weighted by Gasteiger charge is 2.36. The third-order valence-corrected chi connectivity index (χ3v) is 3.18. The van der Waals surface area contributed by atoms with Gasteiger partial charge in [-0.15, -0.1) is 0 Å². The van der Waals surface area contributed by atoms with Gasteiger partial charge in [-0.3, -0.25) is 0 Å². The van der Waals surface area contributed by atoms with Crippen molar-refractivity contribution in [2.75, 3.05) is 6.61 Å². The van der Waals surface area contributed by atoms with Gasteiger partial charge in [0, 0.05) is 6.61 Å². The molecule has 2 heteroatoms. The molecule has 15 heavy (non-hydrogen) atoms. The lowest BCUT2D eigenvalue weighted by Gasteiger charge is -1.97. The summed E-state index contributed by atoms with van der Waals surface area (Å²) in [6.45, 7) is 2.58. The van der Waals surface area contributed by atoms with Gasteiger partial charge in [-0.25, -0.2) is 0 Å². The van der Waals surface area contributed by atoms with Gasteiger partial charge in [0.05, 0.1) is 12.2 Å². The molecule has 0 aromatic rings. The second-order valence-corrected chi connectivity index (χ2v) is 4.64. The van der Waals surface area contributed by atoms with Crippen molar-refractivity contribution in [3.05, 3.63) is 0 Å². The fourth-order valence-corrected chi connectivity index (χ4v) is 2.09. The molecule has 2 unspecified atom stereocenters. The van der Waals surface area contributed by atoms with Crippen LogP contribution >= 0.6 is 0 Å². The Morgan fingerprint density at radius 1 is 0.867 bits per heavy atom. The van der Waals surface area contributed by atoms with Crippen LogP contribution in [-0.2, 0) is 4.74 Å². The zero-order valence-electron chi connectivity index (χ0n) is 10.1. The normalized spacial score (nSPS) is 24.4. The van der Waals surface area contributed by atoms with E-state index in [0.717, 1.165) is 19.3 Å². The van der Waals surface area contributed by atoms with Gasteiger partial charge in [0.2, 0.25) is 0 Å². The van der Waals surface area contributed by atoms with Gasteiger partial charge in [0.1, 0.15) is 0 Å². The Hall–Kier alpha value is -0.0800. The molecule has 2 atom stereocenters. The van der Waals surface area contributed by atoms with E-state index in [1.807, 2.05) is 0 Å². The second kappa shape index (κ2) is 8.12. The van der Waals surface area contributed by atoms with Crippen molar-refractivity contribution in [1.82, 2.24) is 0 Å².